The number of nitrogen functional groups attached to an aromatic ring is 1. The van der Waals surface area contributed by atoms with Gasteiger partial charge in [-0.2, -0.15) is 0 Å². The number of carbonyl (C=O) groups excluding carboxylic acids is 1. The van der Waals surface area contributed by atoms with Crippen molar-refractivity contribution in [3.63, 3.8) is 0 Å². The minimum absolute atomic E-state index is 0.0699. The van der Waals surface area contributed by atoms with Gasteiger partial charge in [-0.3, -0.25) is 14.9 Å². The number of nitrogens with zero attached hydrogens (tertiary/aromatic N) is 2. The number of hydrogen-bond donors (Lipinski definition) is 1. The molecule has 0 aliphatic carbocycles. The van der Waals surface area contributed by atoms with Gasteiger partial charge in [-0.25, -0.2) is 0 Å². The summed E-state index contributed by atoms with van der Waals surface area (Å²) in [7, 11) is 0. The van der Waals surface area contributed by atoms with Gasteiger partial charge in [0, 0.05) is 19.2 Å². The molecule has 0 aromatic carbocycles. The van der Waals surface area contributed by atoms with Crippen LogP contribution in [0.4, 0.5) is 10.7 Å². The lowest BCUT2D eigenvalue weighted by Crippen LogP contribution is -2.29. The van der Waals surface area contributed by atoms with E-state index in [1.807, 2.05) is 13.8 Å². The maximum atomic E-state index is 11.9. The van der Waals surface area contributed by atoms with Gasteiger partial charge >= 0.3 is 5.69 Å². The number of thiophene rings is 1. The number of anilines is 1. The Morgan fingerprint density at radius 1 is 1.56 bits per heavy atom. The number of carbonyl (C=O) groups is 1. The van der Waals surface area contributed by atoms with E-state index >= 15 is 0 Å². The Morgan fingerprint density at radius 2 is 2.12 bits per heavy atom. The van der Waals surface area contributed by atoms with Crippen LogP contribution in [0.2, 0.25) is 0 Å². The van der Waals surface area contributed by atoms with E-state index < -0.39 is 4.92 Å². The van der Waals surface area contributed by atoms with Crippen LogP contribution in [-0.4, -0.2) is 28.8 Å². The summed E-state index contributed by atoms with van der Waals surface area (Å²) < 4.78 is 0. The Kier molecular flexibility index (Phi) is 3.83. The van der Waals surface area contributed by atoms with Crippen molar-refractivity contribution in [1.29, 1.82) is 0 Å². The van der Waals surface area contributed by atoms with Gasteiger partial charge in [0.05, 0.1) is 4.92 Å². The van der Waals surface area contributed by atoms with Crippen LogP contribution in [0.25, 0.3) is 0 Å². The SMILES string of the molecule is CCN(CC)C(=O)c1cc([N+](=O)[O-])c(N)s1. The van der Waals surface area contributed by atoms with Crippen molar-refractivity contribution in [2.24, 2.45) is 0 Å². The fraction of sp³-hybridized carbons (Fsp3) is 0.444. The molecule has 0 atom stereocenters. The number of rotatable bonds is 4. The van der Waals surface area contributed by atoms with Crippen LogP contribution < -0.4 is 5.73 Å². The van der Waals surface area contributed by atoms with Crippen LogP contribution in [0.15, 0.2) is 6.07 Å². The maximum Gasteiger partial charge on any atom is 0.304 e. The molecule has 88 valence electrons. The molecule has 1 aromatic heterocycles. The molecule has 1 rings (SSSR count). The zero-order valence-corrected chi connectivity index (χ0v) is 9.91. The van der Waals surface area contributed by atoms with Crippen LogP contribution in [0.1, 0.15) is 23.5 Å². The van der Waals surface area contributed by atoms with Gasteiger partial charge < -0.3 is 10.6 Å². The second-order valence-corrected chi connectivity index (χ2v) is 4.18. The molecular formula is C9H13N3O3S. The highest BCUT2D eigenvalue weighted by Crippen LogP contribution is 2.32. The van der Waals surface area contributed by atoms with Crippen molar-refractivity contribution < 1.29 is 9.72 Å². The van der Waals surface area contributed by atoms with E-state index in [1.54, 1.807) is 4.90 Å². The van der Waals surface area contributed by atoms with Gasteiger partial charge in [-0.15, -0.1) is 11.3 Å². The Morgan fingerprint density at radius 3 is 2.50 bits per heavy atom. The summed E-state index contributed by atoms with van der Waals surface area (Å²) in [5.74, 6) is -0.213. The quantitative estimate of drug-likeness (QED) is 0.644. The first-order valence-electron chi connectivity index (χ1n) is 4.84. The lowest BCUT2D eigenvalue weighted by molar-refractivity contribution is -0.383. The molecule has 0 spiro atoms. The Hall–Kier alpha value is -1.63. The molecule has 0 radical (unpaired) electrons. The first-order chi connectivity index (χ1) is 7.51. The van der Waals surface area contributed by atoms with Crippen molar-refractivity contribution >= 4 is 27.9 Å². The first kappa shape index (κ1) is 12.4. The summed E-state index contributed by atoms with van der Waals surface area (Å²) in [6.45, 7) is 4.85. The largest absolute Gasteiger partial charge is 0.385 e. The van der Waals surface area contributed by atoms with E-state index in [2.05, 4.69) is 0 Å². The summed E-state index contributed by atoms with van der Waals surface area (Å²) >= 11 is 0.955. The lowest BCUT2D eigenvalue weighted by atomic mass is 10.3. The average Bonchev–Trinajstić information content (AvgIpc) is 2.62. The van der Waals surface area contributed by atoms with Gasteiger partial charge in [0.2, 0.25) is 0 Å². The molecule has 0 saturated heterocycles. The van der Waals surface area contributed by atoms with Crippen molar-refractivity contribution in [3.05, 3.63) is 21.1 Å². The van der Waals surface area contributed by atoms with Crippen molar-refractivity contribution in [2.45, 2.75) is 13.8 Å². The van der Waals surface area contributed by atoms with E-state index in [0.29, 0.717) is 18.0 Å². The minimum Gasteiger partial charge on any atom is -0.385 e. The number of nitro groups is 1. The number of amides is 1. The van der Waals surface area contributed by atoms with Crippen LogP contribution in [0, 0.1) is 10.1 Å². The molecular weight excluding hydrogens is 230 g/mol. The van der Waals surface area contributed by atoms with Gasteiger partial charge in [0.25, 0.3) is 5.91 Å². The first-order valence-corrected chi connectivity index (χ1v) is 5.65. The minimum atomic E-state index is -0.579. The molecule has 1 aromatic rings. The molecule has 0 bridgehead atoms. The van der Waals surface area contributed by atoms with Crippen LogP contribution in [0.3, 0.4) is 0 Å². The predicted molar refractivity (Wildman–Crippen MR) is 62.6 cm³/mol. The van der Waals surface area contributed by atoms with Crippen LogP contribution in [0.5, 0.6) is 0 Å². The summed E-state index contributed by atoms with van der Waals surface area (Å²) in [5.41, 5.74) is 5.28. The molecule has 16 heavy (non-hydrogen) atoms. The fourth-order valence-corrected chi connectivity index (χ4v) is 2.17. The van der Waals surface area contributed by atoms with Crippen LogP contribution >= 0.6 is 11.3 Å². The van der Waals surface area contributed by atoms with Crippen molar-refractivity contribution in [3.8, 4) is 0 Å². The highest BCUT2D eigenvalue weighted by molar-refractivity contribution is 7.18. The third-order valence-corrected chi connectivity index (χ3v) is 3.14. The molecule has 1 heterocycles. The summed E-state index contributed by atoms with van der Waals surface area (Å²) in [6, 6.07) is 1.24. The van der Waals surface area contributed by atoms with E-state index in [-0.39, 0.29) is 16.6 Å². The molecule has 0 aliphatic heterocycles. The predicted octanol–water partition coefficient (Wildman–Crippen LogP) is 1.72. The second kappa shape index (κ2) is 4.93. The lowest BCUT2D eigenvalue weighted by Gasteiger charge is -2.16. The Balaban J connectivity index is 3.01. The normalized spacial score (nSPS) is 10.1. The van der Waals surface area contributed by atoms with E-state index in [9.17, 15) is 14.9 Å². The van der Waals surface area contributed by atoms with Gasteiger partial charge in [0.15, 0.2) is 5.00 Å². The van der Waals surface area contributed by atoms with Gasteiger partial charge in [-0.05, 0) is 13.8 Å². The standard InChI is InChI=1S/C9H13N3O3S/c1-3-11(4-2)9(13)7-5-6(12(14)15)8(10)16-7/h5H,3-4,10H2,1-2H3. The third kappa shape index (κ3) is 2.30. The fourth-order valence-electron chi connectivity index (χ4n) is 1.31. The molecule has 0 fully saturated rings. The summed E-state index contributed by atoms with van der Waals surface area (Å²) in [4.78, 5) is 23.8. The summed E-state index contributed by atoms with van der Waals surface area (Å²) in [6.07, 6.45) is 0. The van der Waals surface area contributed by atoms with E-state index in [0.717, 1.165) is 11.3 Å². The second-order valence-electron chi connectivity index (χ2n) is 3.09. The van der Waals surface area contributed by atoms with Crippen molar-refractivity contribution in [2.75, 3.05) is 18.8 Å². The molecule has 0 aliphatic rings. The average molecular weight is 243 g/mol. The van der Waals surface area contributed by atoms with Crippen LogP contribution in [-0.2, 0) is 0 Å². The smallest absolute Gasteiger partial charge is 0.304 e. The zero-order chi connectivity index (χ0) is 12.3. The third-order valence-electron chi connectivity index (χ3n) is 2.20. The topological polar surface area (TPSA) is 89.5 Å². The molecule has 0 saturated carbocycles. The maximum absolute atomic E-state index is 11.9. The van der Waals surface area contributed by atoms with Crippen molar-refractivity contribution in [1.82, 2.24) is 4.90 Å². The summed E-state index contributed by atoms with van der Waals surface area (Å²) in [5, 5.41) is 10.6. The molecule has 1 amide bonds. The molecule has 7 heteroatoms. The highest BCUT2D eigenvalue weighted by atomic mass is 32.1. The van der Waals surface area contributed by atoms with Gasteiger partial charge in [-0.1, -0.05) is 0 Å². The number of nitrogens with two attached hydrogens (primary N) is 1. The van der Waals surface area contributed by atoms with E-state index in [1.165, 1.54) is 6.07 Å². The zero-order valence-electron chi connectivity index (χ0n) is 9.10. The van der Waals surface area contributed by atoms with Gasteiger partial charge in [0.1, 0.15) is 4.88 Å². The molecule has 2 N–H and O–H groups in total. The molecule has 0 unspecified atom stereocenters. The molecule has 6 nitrogen and oxygen atoms in total. The number of hydrogen-bond acceptors (Lipinski definition) is 5. The monoisotopic (exact) mass is 243 g/mol. The highest BCUT2D eigenvalue weighted by Gasteiger charge is 2.22. The van der Waals surface area contributed by atoms with E-state index in [4.69, 9.17) is 5.73 Å². The Bertz CT molecular complexity index is 412. The Labute approximate surface area is 96.8 Å².